The molecule has 0 aromatic heterocycles. The van der Waals surface area contributed by atoms with E-state index in [1.807, 2.05) is 0 Å². The molecule has 9 heteroatoms. The second-order valence-corrected chi connectivity index (χ2v) is 6.63. The molecular formula is C16H16F6N2O. The molecule has 138 valence electrons. The zero-order valence-electron chi connectivity index (χ0n) is 13.0. The van der Waals surface area contributed by atoms with Crippen molar-refractivity contribution < 1.29 is 31.1 Å². The van der Waals surface area contributed by atoms with Crippen LogP contribution in [0.15, 0.2) is 18.2 Å². The zero-order valence-corrected chi connectivity index (χ0v) is 13.0. The Balaban J connectivity index is 1.92. The van der Waals surface area contributed by atoms with Gasteiger partial charge in [0.15, 0.2) is 0 Å². The highest BCUT2D eigenvalue weighted by Gasteiger charge is 2.44. The normalized spacial score (nSPS) is 24.7. The smallest absolute Gasteiger partial charge is 0.337 e. The molecule has 2 aliphatic rings. The van der Waals surface area contributed by atoms with E-state index < -0.39 is 35.0 Å². The maximum atomic E-state index is 13.2. The Morgan fingerprint density at radius 1 is 1.04 bits per heavy atom. The number of amides is 1. The van der Waals surface area contributed by atoms with Gasteiger partial charge in [-0.1, -0.05) is 0 Å². The predicted molar refractivity (Wildman–Crippen MR) is 76.5 cm³/mol. The van der Waals surface area contributed by atoms with Gasteiger partial charge in [-0.25, -0.2) is 0 Å². The Labute approximate surface area is 139 Å². The summed E-state index contributed by atoms with van der Waals surface area (Å²) in [6.45, 7) is 0.349. The molecular weight excluding hydrogens is 350 g/mol. The number of carbonyl (C=O) groups is 1. The van der Waals surface area contributed by atoms with E-state index in [1.165, 1.54) is 4.90 Å². The van der Waals surface area contributed by atoms with Crippen molar-refractivity contribution >= 4 is 5.91 Å². The summed E-state index contributed by atoms with van der Waals surface area (Å²) in [6, 6.07) is 0.766. The third kappa shape index (κ3) is 3.61. The summed E-state index contributed by atoms with van der Waals surface area (Å²) in [6.07, 6.45) is -8.03. The Bertz CT molecular complexity index is 680. The summed E-state index contributed by atoms with van der Waals surface area (Å²) in [5.41, 5.74) is 2.18. The van der Waals surface area contributed by atoms with Gasteiger partial charge in [-0.15, -0.1) is 0 Å². The van der Waals surface area contributed by atoms with Crippen molar-refractivity contribution in [1.29, 1.82) is 0 Å². The minimum atomic E-state index is -5.07. The summed E-state index contributed by atoms with van der Waals surface area (Å²) in [5, 5.41) is 0. The third-order valence-electron chi connectivity index (χ3n) is 4.81. The van der Waals surface area contributed by atoms with E-state index in [-0.39, 0.29) is 31.1 Å². The average Bonchev–Trinajstić information content (AvgIpc) is 3.26. The quantitative estimate of drug-likeness (QED) is 0.814. The lowest BCUT2D eigenvalue weighted by Gasteiger charge is -2.20. The van der Waals surface area contributed by atoms with Crippen molar-refractivity contribution in [2.45, 2.75) is 31.2 Å². The lowest BCUT2D eigenvalue weighted by atomic mass is 9.99. The van der Waals surface area contributed by atoms with Gasteiger partial charge in [-0.05, 0) is 42.9 Å². The van der Waals surface area contributed by atoms with Crippen LogP contribution in [0.2, 0.25) is 0 Å². The van der Waals surface area contributed by atoms with Gasteiger partial charge in [0.1, 0.15) is 0 Å². The molecule has 3 rings (SSSR count). The van der Waals surface area contributed by atoms with Crippen molar-refractivity contribution in [3.8, 4) is 0 Å². The molecule has 1 saturated heterocycles. The van der Waals surface area contributed by atoms with Crippen LogP contribution in [0.4, 0.5) is 26.3 Å². The molecule has 25 heavy (non-hydrogen) atoms. The molecule has 0 radical (unpaired) electrons. The van der Waals surface area contributed by atoms with Crippen LogP contribution in [0.5, 0.6) is 0 Å². The minimum absolute atomic E-state index is 0.0123. The molecule has 2 fully saturated rings. The van der Waals surface area contributed by atoms with Crippen molar-refractivity contribution in [3.05, 3.63) is 34.9 Å². The van der Waals surface area contributed by atoms with Gasteiger partial charge in [0.25, 0.3) is 5.91 Å². The van der Waals surface area contributed by atoms with E-state index in [2.05, 4.69) is 0 Å². The summed E-state index contributed by atoms with van der Waals surface area (Å²) in [4.78, 5) is 13.7. The van der Waals surface area contributed by atoms with Crippen molar-refractivity contribution in [2.24, 2.45) is 17.6 Å². The van der Waals surface area contributed by atoms with Crippen LogP contribution in [0.1, 0.15) is 34.3 Å². The standard InChI is InChI=1S/C16H16F6N2O/c17-15(18,19)9-3-4-10(12(5-9)16(20,21)22)14(25)24-6-11(8-1-2-8)13(23)7-24/h3-5,8,11,13H,1-2,6-7,23H2/t11-,13+/m1/s1. The first-order valence-corrected chi connectivity index (χ1v) is 7.82. The van der Waals surface area contributed by atoms with Crippen molar-refractivity contribution in [1.82, 2.24) is 4.90 Å². The second kappa shape index (κ2) is 5.89. The molecule has 3 nitrogen and oxygen atoms in total. The SMILES string of the molecule is N[C@H]1CN(C(=O)c2ccc(C(F)(F)F)cc2C(F)(F)F)C[C@@H]1C1CC1. The van der Waals surface area contributed by atoms with Gasteiger partial charge in [0.05, 0.1) is 16.7 Å². The molecule has 2 atom stereocenters. The van der Waals surface area contributed by atoms with Crippen LogP contribution >= 0.6 is 0 Å². The van der Waals surface area contributed by atoms with Gasteiger partial charge in [0.2, 0.25) is 0 Å². The van der Waals surface area contributed by atoms with Crippen molar-refractivity contribution in [2.75, 3.05) is 13.1 Å². The van der Waals surface area contributed by atoms with Crippen LogP contribution in [-0.4, -0.2) is 29.9 Å². The number of hydrogen-bond acceptors (Lipinski definition) is 2. The molecule has 1 heterocycles. The Hall–Kier alpha value is -1.77. The van der Waals surface area contributed by atoms with Gasteiger partial charge in [-0.3, -0.25) is 4.79 Å². The molecule has 1 aliphatic carbocycles. The summed E-state index contributed by atoms with van der Waals surface area (Å²) >= 11 is 0. The molecule has 2 N–H and O–H groups in total. The van der Waals surface area contributed by atoms with Crippen LogP contribution < -0.4 is 5.73 Å². The molecule has 0 spiro atoms. The van der Waals surface area contributed by atoms with E-state index in [0.29, 0.717) is 18.1 Å². The number of nitrogens with zero attached hydrogens (tertiary/aromatic N) is 1. The highest BCUT2D eigenvalue weighted by atomic mass is 19.4. The maximum absolute atomic E-state index is 13.2. The number of nitrogens with two attached hydrogens (primary N) is 1. The van der Waals surface area contributed by atoms with Crippen molar-refractivity contribution in [3.63, 3.8) is 0 Å². The largest absolute Gasteiger partial charge is 0.417 e. The lowest BCUT2D eigenvalue weighted by Crippen LogP contribution is -2.33. The highest BCUT2D eigenvalue weighted by Crippen LogP contribution is 2.42. The predicted octanol–water partition coefficient (Wildman–Crippen LogP) is 3.53. The Kier molecular flexibility index (Phi) is 4.25. The van der Waals surface area contributed by atoms with Gasteiger partial charge < -0.3 is 10.6 Å². The molecule has 0 bridgehead atoms. The van der Waals surface area contributed by atoms with Crippen LogP contribution in [0, 0.1) is 11.8 Å². The number of carbonyl (C=O) groups excluding carboxylic acids is 1. The van der Waals surface area contributed by atoms with Crippen LogP contribution in [-0.2, 0) is 12.4 Å². The summed E-state index contributed by atoms with van der Waals surface area (Å²) in [7, 11) is 0. The number of benzene rings is 1. The monoisotopic (exact) mass is 366 g/mol. The number of alkyl halides is 6. The fourth-order valence-electron chi connectivity index (χ4n) is 3.36. The van der Waals surface area contributed by atoms with Crippen LogP contribution in [0.3, 0.4) is 0 Å². The van der Waals surface area contributed by atoms with E-state index >= 15 is 0 Å². The van der Waals surface area contributed by atoms with Gasteiger partial charge in [-0.2, -0.15) is 26.3 Å². The lowest BCUT2D eigenvalue weighted by molar-refractivity contribution is -0.143. The van der Waals surface area contributed by atoms with Gasteiger partial charge >= 0.3 is 12.4 Å². The Morgan fingerprint density at radius 3 is 2.20 bits per heavy atom. The van der Waals surface area contributed by atoms with E-state index in [9.17, 15) is 31.1 Å². The fourth-order valence-corrected chi connectivity index (χ4v) is 3.36. The van der Waals surface area contributed by atoms with Gasteiger partial charge in [0, 0.05) is 19.1 Å². The van der Waals surface area contributed by atoms with E-state index in [4.69, 9.17) is 5.73 Å². The zero-order chi connectivity index (χ0) is 18.6. The van der Waals surface area contributed by atoms with E-state index in [1.54, 1.807) is 0 Å². The average molecular weight is 366 g/mol. The number of rotatable bonds is 2. The molecule has 1 aromatic rings. The van der Waals surface area contributed by atoms with Crippen LogP contribution in [0.25, 0.3) is 0 Å². The Morgan fingerprint density at radius 2 is 1.68 bits per heavy atom. The number of hydrogen-bond donors (Lipinski definition) is 1. The molecule has 1 aromatic carbocycles. The maximum Gasteiger partial charge on any atom is 0.417 e. The highest BCUT2D eigenvalue weighted by molar-refractivity contribution is 5.96. The first-order valence-electron chi connectivity index (χ1n) is 7.82. The summed E-state index contributed by atoms with van der Waals surface area (Å²) < 4.78 is 77.7. The number of likely N-dealkylation sites (tertiary alicyclic amines) is 1. The molecule has 0 unspecified atom stereocenters. The van der Waals surface area contributed by atoms with E-state index in [0.717, 1.165) is 12.8 Å². The first kappa shape index (κ1) is 18.0. The second-order valence-electron chi connectivity index (χ2n) is 6.63. The molecule has 1 saturated carbocycles. The third-order valence-corrected chi connectivity index (χ3v) is 4.81. The first-order chi connectivity index (χ1) is 11.5. The molecule has 1 amide bonds. The fraction of sp³-hybridized carbons (Fsp3) is 0.562. The molecule has 1 aliphatic heterocycles. The minimum Gasteiger partial charge on any atom is -0.337 e. The number of halogens is 6. The summed E-state index contributed by atoms with van der Waals surface area (Å²) in [5.74, 6) is -0.519. The topological polar surface area (TPSA) is 46.3 Å².